The van der Waals surface area contributed by atoms with Crippen molar-refractivity contribution in [3.05, 3.63) is 77.6 Å². The number of hydrogen-bond acceptors (Lipinski definition) is 5. The summed E-state index contributed by atoms with van der Waals surface area (Å²) in [5.41, 5.74) is 3.78. The molecule has 2 heterocycles. The molecule has 3 aromatic rings. The number of aromatic nitrogens is 2. The SMILES string of the molecule is CCc1ccccc1Nc1cc(N2CCN(Cc3ccccc3)CC2)nc(C)n1. The maximum absolute atomic E-state index is 4.71. The van der Waals surface area contributed by atoms with Crippen LogP contribution in [0.4, 0.5) is 17.3 Å². The van der Waals surface area contributed by atoms with Gasteiger partial charge in [0.15, 0.2) is 0 Å². The molecule has 1 fully saturated rings. The Morgan fingerprint density at radius 1 is 0.897 bits per heavy atom. The third-order valence-corrected chi connectivity index (χ3v) is 5.43. The van der Waals surface area contributed by atoms with Crippen LogP contribution in [0.25, 0.3) is 0 Å². The monoisotopic (exact) mass is 387 g/mol. The summed E-state index contributed by atoms with van der Waals surface area (Å²) in [4.78, 5) is 14.2. The van der Waals surface area contributed by atoms with Crippen LogP contribution in [0.3, 0.4) is 0 Å². The van der Waals surface area contributed by atoms with Crippen molar-refractivity contribution in [1.82, 2.24) is 14.9 Å². The van der Waals surface area contributed by atoms with Crippen LogP contribution < -0.4 is 10.2 Å². The van der Waals surface area contributed by atoms with Crippen molar-refractivity contribution in [3.8, 4) is 0 Å². The normalized spacial score (nSPS) is 14.8. The number of para-hydroxylation sites is 1. The molecule has 0 bridgehead atoms. The van der Waals surface area contributed by atoms with Crippen LogP contribution in [-0.2, 0) is 13.0 Å². The van der Waals surface area contributed by atoms with Gasteiger partial charge in [0.05, 0.1) is 0 Å². The Hall–Kier alpha value is -2.92. The first kappa shape index (κ1) is 19.4. The van der Waals surface area contributed by atoms with Crippen molar-refractivity contribution in [2.45, 2.75) is 26.8 Å². The Bertz CT molecular complexity index is 933. The van der Waals surface area contributed by atoms with Crippen LogP contribution in [0.15, 0.2) is 60.7 Å². The lowest BCUT2D eigenvalue weighted by atomic mass is 10.1. The van der Waals surface area contributed by atoms with Crippen molar-refractivity contribution in [3.63, 3.8) is 0 Å². The van der Waals surface area contributed by atoms with Gasteiger partial charge in [0.2, 0.25) is 0 Å². The molecule has 5 heteroatoms. The highest BCUT2D eigenvalue weighted by atomic mass is 15.3. The summed E-state index contributed by atoms with van der Waals surface area (Å²) in [7, 11) is 0. The third kappa shape index (κ3) is 4.93. The topological polar surface area (TPSA) is 44.3 Å². The number of nitrogens with zero attached hydrogens (tertiary/aromatic N) is 4. The minimum absolute atomic E-state index is 0.797. The molecule has 0 aliphatic carbocycles. The number of hydrogen-bond donors (Lipinski definition) is 1. The van der Waals surface area contributed by atoms with E-state index in [-0.39, 0.29) is 0 Å². The van der Waals surface area contributed by atoms with E-state index in [0.717, 1.165) is 62.3 Å². The molecule has 0 spiro atoms. The predicted octanol–water partition coefficient (Wildman–Crippen LogP) is 4.41. The average molecular weight is 388 g/mol. The molecule has 1 N–H and O–H groups in total. The van der Waals surface area contributed by atoms with E-state index < -0.39 is 0 Å². The third-order valence-electron chi connectivity index (χ3n) is 5.43. The van der Waals surface area contributed by atoms with Crippen LogP contribution in [0.5, 0.6) is 0 Å². The summed E-state index contributed by atoms with van der Waals surface area (Å²) in [6.07, 6.45) is 0.990. The summed E-state index contributed by atoms with van der Waals surface area (Å²) in [6, 6.07) is 21.2. The van der Waals surface area contributed by atoms with E-state index in [9.17, 15) is 0 Å². The van der Waals surface area contributed by atoms with E-state index in [0.29, 0.717) is 0 Å². The van der Waals surface area contributed by atoms with Gasteiger partial charge in [-0.3, -0.25) is 4.90 Å². The Balaban J connectivity index is 1.43. The largest absolute Gasteiger partial charge is 0.354 e. The fraction of sp³-hybridized carbons (Fsp3) is 0.333. The van der Waals surface area contributed by atoms with Crippen molar-refractivity contribution in [2.75, 3.05) is 36.4 Å². The summed E-state index contributed by atoms with van der Waals surface area (Å²) in [5.74, 6) is 2.67. The molecule has 5 nitrogen and oxygen atoms in total. The maximum atomic E-state index is 4.71. The minimum atomic E-state index is 0.797. The molecule has 29 heavy (non-hydrogen) atoms. The zero-order valence-electron chi connectivity index (χ0n) is 17.3. The van der Waals surface area contributed by atoms with Crippen LogP contribution in [0.1, 0.15) is 23.9 Å². The minimum Gasteiger partial charge on any atom is -0.354 e. The zero-order chi connectivity index (χ0) is 20.1. The molecule has 2 aromatic carbocycles. The van der Waals surface area contributed by atoms with Crippen molar-refractivity contribution in [1.29, 1.82) is 0 Å². The van der Waals surface area contributed by atoms with Gasteiger partial charge in [0.25, 0.3) is 0 Å². The summed E-state index contributed by atoms with van der Waals surface area (Å²) in [5, 5.41) is 3.50. The lowest BCUT2D eigenvalue weighted by molar-refractivity contribution is 0.249. The number of rotatable bonds is 6. The molecule has 0 unspecified atom stereocenters. The number of anilines is 3. The van der Waals surface area contributed by atoms with Crippen LogP contribution in [0.2, 0.25) is 0 Å². The van der Waals surface area contributed by atoms with Gasteiger partial charge in [-0.25, -0.2) is 9.97 Å². The fourth-order valence-corrected chi connectivity index (χ4v) is 3.84. The molecular formula is C24H29N5. The summed E-state index contributed by atoms with van der Waals surface area (Å²) >= 11 is 0. The second kappa shape index (κ2) is 9.05. The molecule has 0 amide bonds. The van der Waals surface area contributed by atoms with Gasteiger partial charge in [-0.05, 0) is 30.5 Å². The standard InChI is InChI=1S/C24H29N5/c1-3-21-11-7-8-12-22(21)27-23-17-24(26-19(2)25-23)29-15-13-28(14-16-29)18-20-9-5-4-6-10-20/h4-12,17H,3,13-16,18H2,1-2H3,(H,25,26,27). The Kier molecular flexibility index (Phi) is 6.06. The van der Waals surface area contributed by atoms with Crippen LogP contribution >= 0.6 is 0 Å². The molecule has 4 rings (SSSR count). The molecule has 150 valence electrons. The van der Waals surface area contributed by atoms with E-state index in [1.807, 2.05) is 6.92 Å². The number of benzene rings is 2. The highest BCUT2D eigenvalue weighted by molar-refractivity contribution is 5.63. The van der Waals surface area contributed by atoms with Gasteiger partial charge in [0, 0.05) is 44.5 Å². The van der Waals surface area contributed by atoms with Gasteiger partial charge >= 0.3 is 0 Å². The molecule has 0 saturated carbocycles. The molecule has 1 aliphatic heterocycles. The first-order chi connectivity index (χ1) is 14.2. The molecule has 1 saturated heterocycles. The molecule has 1 aromatic heterocycles. The average Bonchev–Trinajstić information content (AvgIpc) is 2.75. The fourth-order valence-electron chi connectivity index (χ4n) is 3.84. The first-order valence-corrected chi connectivity index (χ1v) is 10.4. The summed E-state index contributed by atoms with van der Waals surface area (Å²) < 4.78 is 0. The van der Waals surface area contributed by atoms with E-state index in [1.165, 1.54) is 11.1 Å². The highest BCUT2D eigenvalue weighted by Gasteiger charge is 2.19. The van der Waals surface area contributed by atoms with Crippen LogP contribution in [-0.4, -0.2) is 41.0 Å². The Labute approximate surface area is 173 Å². The predicted molar refractivity (Wildman–Crippen MR) is 120 cm³/mol. The zero-order valence-corrected chi connectivity index (χ0v) is 17.3. The first-order valence-electron chi connectivity index (χ1n) is 10.4. The van der Waals surface area contributed by atoms with Gasteiger partial charge in [-0.15, -0.1) is 0 Å². The Morgan fingerprint density at radius 2 is 1.62 bits per heavy atom. The molecule has 0 radical (unpaired) electrons. The number of piperazine rings is 1. The van der Waals surface area contributed by atoms with E-state index in [4.69, 9.17) is 4.98 Å². The van der Waals surface area contributed by atoms with E-state index in [1.54, 1.807) is 0 Å². The molecule has 1 aliphatic rings. The summed E-state index contributed by atoms with van der Waals surface area (Å²) in [6.45, 7) is 9.19. The van der Waals surface area contributed by atoms with Crippen molar-refractivity contribution >= 4 is 17.3 Å². The number of nitrogens with one attached hydrogen (secondary N) is 1. The van der Waals surface area contributed by atoms with E-state index >= 15 is 0 Å². The van der Waals surface area contributed by atoms with Gasteiger partial charge < -0.3 is 10.2 Å². The van der Waals surface area contributed by atoms with Crippen LogP contribution in [0, 0.1) is 6.92 Å². The van der Waals surface area contributed by atoms with Crippen molar-refractivity contribution in [2.24, 2.45) is 0 Å². The Morgan fingerprint density at radius 3 is 2.38 bits per heavy atom. The van der Waals surface area contributed by atoms with Gasteiger partial charge in [0.1, 0.15) is 17.5 Å². The van der Waals surface area contributed by atoms with Gasteiger partial charge in [-0.1, -0.05) is 55.5 Å². The van der Waals surface area contributed by atoms with Gasteiger partial charge in [-0.2, -0.15) is 0 Å². The molecule has 0 atom stereocenters. The molecular weight excluding hydrogens is 358 g/mol. The van der Waals surface area contributed by atoms with Crippen molar-refractivity contribution < 1.29 is 0 Å². The smallest absolute Gasteiger partial charge is 0.136 e. The second-order valence-electron chi connectivity index (χ2n) is 7.54. The number of aryl methyl sites for hydroxylation is 2. The highest BCUT2D eigenvalue weighted by Crippen LogP contribution is 2.24. The van der Waals surface area contributed by atoms with E-state index in [2.05, 4.69) is 87.7 Å². The second-order valence-corrected chi connectivity index (χ2v) is 7.54. The quantitative estimate of drug-likeness (QED) is 0.679. The lowest BCUT2D eigenvalue weighted by Gasteiger charge is -2.35. The lowest BCUT2D eigenvalue weighted by Crippen LogP contribution is -2.46. The maximum Gasteiger partial charge on any atom is 0.136 e.